The van der Waals surface area contributed by atoms with E-state index >= 15 is 0 Å². The van der Waals surface area contributed by atoms with Crippen molar-refractivity contribution in [2.45, 2.75) is 96.9 Å². The SMILES string of the molecule is CCCCCNC(=O)C(c1ccccc1C)N(C(=O)C(CS)NC(=O)OC(C)(C)C)C1CCC1. The van der Waals surface area contributed by atoms with Gasteiger partial charge < -0.3 is 20.3 Å². The van der Waals surface area contributed by atoms with Gasteiger partial charge in [-0.25, -0.2) is 4.79 Å². The number of thiol groups is 1. The first kappa shape index (κ1) is 28.0. The number of hydrogen-bond acceptors (Lipinski definition) is 5. The molecule has 1 saturated carbocycles. The van der Waals surface area contributed by atoms with Crippen LogP contribution in [0.2, 0.25) is 0 Å². The minimum absolute atomic E-state index is 0.0682. The van der Waals surface area contributed by atoms with E-state index in [1.165, 1.54) is 0 Å². The quantitative estimate of drug-likeness (QED) is 0.313. The number of unbranched alkanes of at least 4 members (excludes halogenated alkanes) is 2. The Hall–Kier alpha value is -2.22. The summed E-state index contributed by atoms with van der Waals surface area (Å²) in [5.41, 5.74) is 1.05. The molecule has 8 heteroatoms. The summed E-state index contributed by atoms with van der Waals surface area (Å²) in [5, 5.41) is 5.71. The highest BCUT2D eigenvalue weighted by Gasteiger charge is 2.42. The maximum atomic E-state index is 13.8. The van der Waals surface area contributed by atoms with Gasteiger partial charge in [-0.15, -0.1) is 0 Å². The fraction of sp³-hybridized carbons (Fsp3) is 0.654. The highest BCUT2D eigenvalue weighted by Crippen LogP contribution is 2.34. The predicted molar refractivity (Wildman–Crippen MR) is 138 cm³/mol. The van der Waals surface area contributed by atoms with Crippen molar-refractivity contribution in [3.63, 3.8) is 0 Å². The van der Waals surface area contributed by atoms with Crippen molar-refractivity contribution in [2.24, 2.45) is 0 Å². The smallest absolute Gasteiger partial charge is 0.408 e. The lowest BCUT2D eigenvalue weighted by molar-refractivity contribution is -0.147. The summed E-state index contributed by atoms with van der Waals surface area (Å²) in [5.74, 6) is -0.414. The van der Waals surface area contributed by atoms with Gasteiger partial charge in [0.15, 0.2) is 0 Å². The number of alkyl carbamates (subject to hydrolysis) is 1. The molecule has 190 valence electrons. The van der Waals surface area contributed by atoms with Gasteiger partial charge in [-0.1, -0.05) is 44.0 Å². The first-order valence-corrected chi connectivity index (χ1v) is 13.0. The lowest BCUT2D eigenvalue weighted by Gasteiger charge is -2.43. The lowest BCUT2D eigenvalue weighted by atomic mass is 9.87. The molecule has 2 rings (SSSR count). The zero-order valence-corrected chi connectivity index (χ0v) is 22.1. The Morgan fingerprint density at radius 3 is 2.38 bits per heavy atom. The lowest BCUT2D eigenvalue weighted by Crippen LogP contribution is -2.58. The summed E-state index contributed by atoms with van der Waals surface area (Å²) >= 11 is 4.34. The second-order valence-corrected chi connectivity index (χ2v) is 10.3. The van der Waals surface area contributed by atoms with E-state index in [0.29, 0.717) is 6.54 Å². The molecular weight excluding hydrogens is 450 g/mol. The molecule has 2 unspecified atom stereocenters. The van der Waals surface area contributed by atoms with Crippen molar-refractivity contribution >= 4 is 30.5 Å². The zero-order chi connectivity index (χ0) is 25.3. The number of rotatable bonds is 11. The van der Waals surface area contributed by atoms with Crippen LogP contribution in [0.3, 0.4) is 0 Å². The highest BCUT2D eigenvalue weighted by atomic mass is 32.1. The number of nitrogens with one attached hydrogen (secondary N) is 2. The third kappa shape index (κ3) is 7.93. The van der Waals surface area contributed by atoms with Crippen LogP contribution in [0.25, 0.3) is 0 Å². The van der Waals surface area contributed by atoms with E-state index in [9.17, 15) is 14.4 Å². The number of benzene rings is 1. The van der Waals surface area contributed by atoms with Gasteiger partial charge in [-0.2, -0.15) is 12.6 Å². The molecule has 7 nitrogen and oxygen atoms in total. The van der Waals surface area contributed by atoms with E-state index in [1.807, 2.05) is 31.2 Å². The first-order chi connectivity index (χ1) is 16.1. The maximum Gasteiger partial charge on any atom is 0.408 e. The van der Waals surface area contributed by atoms with Gasteiger partial charge >= 0.3 is 6.09 Å². The normalized spacial score (nSPS) is 15.6. The first-order valence-electron chi connectivity index (χ1n) is 12.3. The number of ether oxygens (including phenoxy) is 1. The second kappa shape index (κ2) is 13.0. The standard InChI is InChI=1S/C26H41N3O4S/c1-6-7-10-16-27-23(30)22(20-15-9-8-12-18(20)2)29(19-13-11-14-19)24(31)21(17-34)28-25(32)33-26(3,4)5/h8-9,12,15,19,21-22,34H,6-7,10-11,13-14,16-17H2,1-5H3,(H,27,30)(H,28,32). The molecule has 0 aromatic heterocycles. The molecule has 0 spiro atoms. The van der Waals surface area contributed by atoms with Gasteiger partial charge in [0.1, 0.15) is 17.7 Å². The molecule has 34 heavy (non-hydrogen) atoms. The van der Waals surface area contributed by atoms with Crippen molar-refractivity contribution < 1.29 is 19.1 Å². The molecule has 1 aliphatic rings. The van der Waals surface area contributed by atoms with Crippen LogP contribution in [-0.2, 0) is 14.3 Å². The topological polar surface area (TPSA) is 87.7 Å². The second-order valence-electron chi connectivity index (χ2n) is 9.97. The van der Waals surface area contributed by atoms with Gasteiger partial charge in [0.25, 0.3) is 0 Å². The van der Waals surface area contributed by atoms with Crippen LogP contribution in [0.4, 0.5) is 4.79 Å². The number of amides is 3. The summed E-state index contributed by atoms with van der Waals surface area (Å²) in [6.07, 6.45) is 4.94. The van der Waals surface area contributed by atoms with E-state index in [1.54, 1.807) is 25.7 Å². The fourth-order valence-corrected chi connectivity index (χ4v) is 4.24. The molecular formula is C26H41N3O4S. The largest absolute Gasteiger partial charge is 0.444 e. The Morgan fingerprint density at radius 2 is 1.85 bits per heavy atom. The van der Waals surface area contributed by atoms with E-state index in [4.69, 9.17) is 4.74 Å². The third-order valence-electron chi connectivity index (χ3n) is 5.98. The Labute approximate surface area is 209 Å². The Bertz CT molecular complexity index is 836. The van der Waals surface area contributed by atoms with Gasteiger partial charge in [0, 0.05) is 18.3 Å². The highest BCUT2D eigenvalue weighted by molar-refractivity contribution is 7.80. The van der Waals surface area contributed by atoms with Crippen LogP contribution in [0, 0.1) is 6.92 Å². The van der Waals surface area contributed by atoms with Gasteiger partial charge in [-0.05, 0) is 64.5 Å². The Balaban J connectivity index is 2.37. The number of carbonyl (C=O) groups excluding carboxylic acids is 3. The summed E-state index contributed by atoms with van der Waals surface area (Å²) in [6.45, 7) is 9.93. The fourth-order valence-electron chi connectivity index (χ4n) is 3.99. The third-order valence-corrected chi connectivity index (χ3v) is 6.35. The van der Waals surface area contributed by atoms with Gasteiger partial charge in [0.2, 0.25) is 11.8 Å². The van der Waals surface area contributed by atoms with Crippen molar-refractivity contribution in [3.8, 4) is 0 Å². The zero-order valence-electron chi connectivity index (χ0n) is 21.2. The van der Waals surface area contributed by atoms with E-state index in [2.05, 4.69) is 30.2 Å². The average molecular weight is 492 g/mol. The number of hydrogen-bond donors (Lipinski definition) is 3. The van der Waals surface area contributed by atoms with Crippen molar-refractivity contribution in [1.29, 1.82) is 0 Å². The van der Waals surface area contributed by atoms with Crippen molar-refractivity contribution in [1.82, 2.24) is 15.5 Å². The molecule has 0 bridgehead atoms. The Morgan fingerprint density at radius 1 is 1.18 bits per heavy atom. The molecule has 2 N–H and O–H groups in total. The molecule has 1 aromatic carbocycles. The number of nitrogens with zero attached hydrogens (tertiary/aromatic N) is 1. The number of aryl methyl sites for hydroxylation is 1. The summed E-state index contributed by atoms with van der Waals surface area (Å²) in [4.78, 5) is 41.5. The minimum atomic E-state index is -0.904. The van der Waals surface area contributed by atoms with Gasteiger partial charge in [0.05, 0.1) is 0 Å². The van der Waals surface area contributed by atoms with Crippen molar-refractivity contribution in [2.75, 3.05) is 12.3 Å². The van der Waals surface area contributed by atoms with E-state index in [-0.39, 0.29) is 23.6 Å². The molecule has 0 heterocycles. The molecule has 1 aromatic rings. The summed E-state index contributed by atoms with van der Waals surface area (Å²) in [7, 11) is 0. The predicted octanol–water partition coefficient (Wildman–Crippen LogP) is 4.55. The van der Waals surface area contributed by atoms with E-state index in [0.717, 1.165) is 49.7 Å². The van der Waals surface area contributed by atoms with Crippen LogP contribution < -0.4 is 10.6 Å². The number of carbonyl (C=O) groups is 3. The molecule has 1 aliphatic carbocycles. The van der Waals surface area contributed by atoms with Gasteiger partial charge in [-0.3, -0.25) is 9.59 Å². The average Bonchev–Trinajstić information content (AvgIpc) is 2.72. The minimum Gasteiger partial charge on any atom is -0.444 e. The summed E-state index contributed by atoms with van der Waals surface area (Å²) < 4.78 is 5.35. The van der Waals surface area contributed by atoms with Crippen LogP contribution in [0.15, 0.2) is 24.3 Å². The van der Waals surface area contributed by atoms with E-state index < -0.39 is 23.8 Å². The van der Waals surface area contributed by atoms with Crippen LogP contribution in [-0.4, -0.2) is 52.8 Å². The monoisotopic (exact) mass is 491 g/mol. The molecule has 0 saturated heterocycles. The summed E-state index contributed by atoms with van der Waals surface area (Å²) in [6, 6.07) is 5.92. The van der Waals surface area contributed by atoms with Crippen molar-refractivity contribution in [3.05, 3.63) is 35.4 Å². The van der Waals surface area contributed by atoms with Crippen LogP contribution in [0.5, 0.6) is 0 Å². The maximum absolute atomic E-state index is 13.8. The molecule has 0 aliphatic heterocycles. The molecule has 0 radical (unpaired) electrons. The molecule has 1 fully saturated rings. The van der Waals surface area contributed by atoms with Crippen LogP contribution in [0.1, 0.15) is 83.4 Å². The molecule has 2 atom stereocenters. The Kier molecular flexibility index (Phi) is 10.7. The molecule has 3 amide bonds. The van der Waals surface area contributed by atoms with Crippen LogP contribution >= 0.6 is 12.6 Å².